The van der Waals surface area contributed by atoms with E-state index in [1.54, 1.807) is 30.3 Å². The number of ketones is 1. The van der Waals surface area contributed by atoms with Gasteiger partial charge in [0.25, 0.3) is 11.7 Å². The summed E-state index contributed by atoms with van der Waals surface area (Å²) >= 11 is 6.26. The smallest absolute Gasteiger partial charge is 0.300 e. The average molecular weight is 482 g/mol. The van der Waals surface area contributed by atoms with Crippen molar-refractivity contribution in [2.24, 2.45) is 0 Å². The summed E-state index contributed by atoms with van der Waals surface area (Å²) in [6.07, 6.45) is 0. The molecule has 1 fully saturated rings. The zero-order valence-corrected chi connectivity index (χ0v) is 19.4. The molecule has 4 rings (SSSR count). The van der Waals surface area contributed by atoms with Gasteiger partial charge in [-0.05, 0) is 31.2 Å². The van der Waals surface area contributed by atoms with E-state index in [2.05, 4.69) is 0 Å². The first-order valence-corrected chi connectivity index (χ1v) is 10.7. The minimum Gasteiger partial charge on any atom is -0.507 e. The van der Waals surface area contributed by atoms with E-state index >= 15 is 0 Å². The zero-order chi connectivity index (χ0) is 24.6. The Morgan fingerprint density at radius 2 is 1.65 bits per heavy atom. The van der Waals surface area contributed by atoms with Gasteiger partial charge < -0.3 is 14.6 Å². The van der Waals surface area contributed by atoms with Crippen LogP contribution in [-0.4, -0.2) is 31.0 Å². The molecule has 1 aliphatic heterocycles. The molecule has 3 aromatic rings. The second-order valence-electron chi connectivity index (χ2n) is 7.71. The number of amides is 1. The van der Waals surface area contributed by atoms with E-state index in [9.17, 15) is 19.1 Å². The van der Waals surface area contributed by atoms with Gasteiger partial charge in [0.1, 0.15) is 23.1 Å². The van der Waals surface area contributed by atoms with E-state index in [4.69, 9.17) is 21.1 Å². The molecule has 1 unspecified atom stereocenters. The number of halogens is 2. The molecule has 8 heteroatoms. The summed E-state index contributed by atoms with van der Waals surface area (Å²) in [5.74, 6) is -2.56. The third-order valence-electron chi connectivity index (χ3n) is 5.69. The quantitative estimate of drug-likeness (QED) is 0.299. The van der Waals surface area contributed by atoms with Gasteiger partial charge in [0.15, 0.2) is 0 Å². The predicted molar refractivity (Wildman–Crippen MR) is 127 cm³/mol. The summed E-state index contributed by atoms with van der Waals surface area (Å²) in [7, 11) is 2.80. The summed E-state index contributed by atoms with van der Waals surface area (Å²) in [5, 5.41) is 11.5. The molecule has 1 atom stereocenters. The number of aryl methyl sites for hydroxylation is 1. The number of hydrogen-bond donors (Lipinski definition) is 1. The van der Waals surface area contributed by atoms with Gasteiger partial charge in [0.2, 0.25) is 0 Å². The number of nitrogens with zero attached hydrogens (tertiary/aromatic N) is 1. The summed E-state index contributed by atoms with van der Waals surface area (Å²) < 4.78 is 25.5. The van der Waals surface area contributed by atoms with Crippen molar-refractivity contribution >= 4 is 34.7 Å². The molecule has 1 saturated heterocycles. The molecular weight excluding hydrogens is 461 g/mol. The molecule has 174 valence electrons. The minimum absolute atomic E-state index is 0.0578. The van der Waals surface area contributed by atoms with Gasteiger partial charge in [0.05, 0.1) is 36.4 Å². The van der Waals surface area contributed by atoms with Gasteiger partial charge in [-0.1, -0.05) is 47.5 Å². The lowest BCUT2D eigenvalue weighted by Gasteiger charge is -2.26. The van der Waals surface area contributed by atoms with E-state index in [0.29, 0.717) is 11.4 Å². The lowest BCUT2D eigenvalue weighted by molar-refractivity contribution is -0.132. The number of aliphatic hydroxyl groups excluding tert-OH is 1. The van der Waals surface area contributed by atoms with Gasteiger partial charge in [-0.2, -0.15) is 0 Å². The van der Waals surface area contributed by atoms with Crippen molar-refractivity contribution in [3.63, 3.8) is 0 Å². The topological polar surface area (TPSA) is 76.1 Å². The van der Waals surface area contributed by atoms with Crippen LogP contribution in [0.5, 0.6) is 11.5 Å². The number of aliphatic hydroxyl groups is 1. The van der Waals surface area contributed by atoms with Crippen LogP contribution in [0.4, 0.5) is 10.1 Å². The second-order valence-corrected chi connectivity index (χ2v) is 8.12. The molecule has 0 aromatic heterocycles. The Kier molecular flexibility index (Phi) is 6.30. The molecule has 1 amide bonds. The van der Waals surface area contributed by atoms with Crippen molar-refractivity contribution in [3.05, 3.63) is 93.8 Å². The second kappa shape index (κ2) is 9.19. The SMILES string of the molecule is COc1cc(OC)c(/C(O)=C2\C(=O)C(=O)N(c3ccc(C)cc3)C2c2ccccc2F)cc1Cl. The standard InChI is InChI=1S/C26H21ClFNO5/c1-14-8-10-15(11-9-14)29-23(16-6-4-5-7-19(16)28)22(25(31)26(29)32)24(30)17-12-18(27)21(34-3)13-20(17)33-2/h4-13,23,30H,1-3H3/b24-22+. The molecule has 1 N–H and O–H groups in total. The first-order chi connectivity index (χ1) is 16.3. The molecule has 0 aliphatic carbocycles. The summed E-state index contributed by atoms with van der Waals surface area (Å²) in [4.78, 5) is 27.6. The maximum Gasteiger partial charge on any atom is 0.300 e. The van der Waals surface area contributed by atoms with E-state index in [1.165, 1.54) is 49.5 Å². The van der Waals surface area contributed by atoms with Crippen LogP contribution in [0, 0.1) is 12.7 Å². The molecule has 0 radical (unpaired) electrons. The highest BCUT2D eigenvalue weighted by Gasteiger charge is 2.48. The lowest BCUT2D eigenvalue weighted by Crippen LogP contribution is -2.29. The fourth-order valence-electron chi connectivity index (χ4n) is 3.99. The highest BCUT2D eigenvalue weighted by atomic mass is 35.5. The molecule has 3 aromatic carbocycles. The van der Waals surface area contributed by atoms with E-state index in [-0.39, 0.29) is 27.5 Å². The summed E-state index contributed by atoms with van der Waals surface area (Å²) in [5.41, 5.74) is 1.18. The molecule has 1 aliphatic rings. The van der Waals surface area contributed by atoms with Crippen LogP contribution in [0.2, 0.25) is 5.02 Å². The highest BCUT2D eigenvalue weighted by molar-refractivity contribution is 6.51. The number of ether oxygens (including phenoxy) is 2. The Morgan fingerprint density at radius 3 is 2.26 bits per heavy atom. The first kappa shape index (κ1) is 23.3. The van der Waals surface area contributed by atoms with Crippen LogP contribution in [-0.2, 0) is 9.59 Å². The number of Topliss-reactive ketones (excluding diaryl/α,β-unsaturated/α-hetero) is 1. The number of rotatable bonds is 5. The van der Waals surface area contributed by atoms with Crippen LogP contribution < -0.4 is 14.4 Å². The fraction of sp³-hybridized carbons (Fsp3) is 0.154. The average Bonchev–Trinajstić information content (AvgIpc) is 3.09. The molecule has 0 bridgehead atoms. The lowest BCUT2D eigenvalue weighted by atomic mass is 9.94. The summed E-state index contributed by atoms with van der Waals surface area (Å²) in [6, 6.07) is 14.3. The number of anilines is 1. The van der Waals surface area contributed by atoms with Crippen molar-refractivity contribution < 1.29 is 28.6 Å². The molecule has 1 heterocycles. The number of hydrogen-bond acceptors (Lipinski definition) is 5. The van der Waals surface area contributed by atoms with Crippen molar-refractivity contribution in [1.29, 1.82) is 0 Å². The maximum absolute atomic E-state index is 15.0. The third kappa shape index (κ3) is 3.88. The zero-order valence-electron chi connectivity index (χ0n) is 18.6. The Bertz CT molecular complexity index is 1320. The largest absolute Gasteiger partial charge is 0.507 e. The van der Waals surface area contributed by atoms with Crippen LogP contribution in [0.25, 0.3) is 5.76 Å². The van der Waals surface area contributed by atoms with Crippen LogP contribution >= 0.6 is 11.6 Å². The van der Waals surface area contributed by atoms with E-state index in [1.807, 2.05) is 6.92 Å². The molecule has 0 spiro atoms. The molecule has 0 saturated carbocycles. The fourth-order valence-corrected chi connectivity index (χ4v) is 4.23. The minimum atomic E-state index is -1.21. The van der Waals surface area contributed by atoms with Crippen molar-refractivity contribution in [2.45, 2.75) is 13.0 Å². The van der Waals surface area contributed by atoms with Gasteiger partial charge in [-0.25, -0.2) is 4.39 Å². The Morgan fingerprint density at radius 1 is 1.00 bits per heavy atom. The van der Waals surface area contributed by atoms with Crippen LogP contribution in [0.15, 0.2) is 66.2 Å². The van der Waals surface area contributed by atoms with Gasteiger partial charge >= 0.3 is 0 Å². The normalized spacial score (nSPS) is 17.2. The van der Waals surface area contributed by atoms with Gasteiger partial charge in [-0.3, -0.25) is 14.5 Å². The number of carbonyl (C=O) groups is 2. The molecular formula is C26H21ClFNO5. The number of carbonyl (C=O) groups excluding carboxylic acids is 2. The Balaban J connectivity index is 2.00. The monoisotopic (exact) mass is 481 g/mol. The van der Waals surface area contributed by atoms with Crippen molar-refractivity contribution in [1.82, 2.24) is 0 Å². The Hall–Kier alpha value is -3.84. The van der Waals surface area contributed by atoms with Crippen LogP contribution in [0.1, 0.15) is 22.7 Å². The number of methoxy groups -OCH3 is 2. The number of benzene rings is 3. The van der Waals surface area contributed by atoms with Crippen molar-refractivity contribution in [3.8, 4) is 11.5 Å². The Labute approximate surface area is 200 Å². The van der Waals surface area contributed by atoms with Gasteiger partial charge in [-0.15, -0.1) is 0 Å². The van der Waals surface area contributed by atoms with Crippen molar-refractivity contribution in [2.75, 3.05) is 19.1 Å². The summed E-state index contributed by atoms with van der Waals surface area (Å²) in [6.45, 7) is 1.88. The van der Waals surface area contributed by atoms with E-state index in [0.717, 1.165) is 5.56 Å². The third-order valence-corrected chi connectivity index (χ3v) is 5.98. The predicted octanol–water partition coefficient (Wildman–Crippen LogP) is 5.43. The molecule has 6 nitrogen and oxygen atoms in total. The van der Waals surface area contributed by atoms with Crippen LogP contribution in [0.3, 0.4) is 0 Å². The maximum atomic E-state index is 15.0. The van der Waals surface area contributed by atoms with Gasteiger partial charge in [0, 0.05) is 17.3 Å². The highest BCUT2D eigenvalue weighted by Crippen LogP contribution is 2.45. The van der Waals surface area contributed by atoms with E-state index < -0.39 is 29.3 Å². The molecule has 34 heavy (non-hydrogen) atoms. The first-order valence-electron chi connectivity index (χ1n) is 10.3.